The molecule has 4 rings (SSSR count). The number of aliphatic imine (C=N–C) groups is 1. The maximum Gasteiger partial charge on any atom is 0.226 e. The molecule has 1 aliphatic heterocycles. The molecule has 1 fully saturated rings. The van der Waals surface area contributed by atoms with E-state index in [0.29, 0.717) is 19.0 Å². The number of morpholine rings is 1. The first kappa shape index (κ1) is 19.2. The van der Waals surface area contributed by atoms with Crippen molar-refractivity contribution in [3.8, 4) is 11.5 Å². The van der Waals surface area contributed by atoms with Crippen LogP contribution in [-0.4, -0.2) is 42.6 Å². The van der Waals surface area contributed by atoms with Crippen LogP contribution in [0.4, 0.5) is 0 Å². The molecule has 0 aliphatic carbocycles. The molecule has 3 aromatic rings. The van der Waals surface area contributed by atoms with E-state index in [-0.39, 0.29) is 6.10 Å². The first-order valence-corrected chi connectivity index (χ1v) is 9.87. The summed E-state index contributed by atoms with van der Waals surface area (Å²) in [6.45, 7) is 4.91. The van der Waals surface area contributed by atoms with E-state index in [2.05, 4.69) is 51.4 Å². The summed E-state index contributed by atoms with van der Waals surface area (Å²) >= 11 is 0. The van der Waals surface area contributed by atoms with Crippen molar-refractivity contribution in [1.29, 1.82) is 0 Å². The molecule has 2 aromatic carbocycles. The van der Waals surface area contributed by atoms with Gasteiger partial charge < -0.3 is 19.4 Å². The van der Waals surface area contributed by atoms with Crippen LogP contribution in [-0.2, 0) is 11.3 Å². The average Bonchev–Trinajstić information content (AvgIpc) is 3.24. The lowest BCUT2D eigenvalue weighted by molar-refractivity contribution is -0.00834. The lowest BCUT2D eigenvalue weighted by Crippen LogP contribution is -2.48. The van der Waals surface area contributed by atoms with Gasteiger partial charge in [-0.25, -0.2) is 4.98 Å². The maximum absolute atomic E-state index is 6.03. The number of hydrogen-bond donors (Lipinski definition) is 1. The SMILES string of the molecule is CN=C(NCc1coc(-c2ccccc2)n1)N1CCOC(c2ccccc2C)C1. The van der Waals surface area contributed by atoms with Crippen LogP contribution in [0, 0.1) is 6.92 Å². The summed E-state index contributed by atoms with van der Waals surface area (Å²) in [5.74, 6) is 1.47. The third-order valence-electron chi connectivity index (χ3n) is 5.11. The number of hydrogen-bond acceptors (Lipinski definition) is 4. The Balaban J connectivity index is 1.39. The molecule has 150 valence electrons. The zero-order valence-electron chi connectivity index (χ0n) is 16.8. The van der Waals surface area contributed by atoms with Gasteiger partial charge >= 0.3 is 0 Å². The number of benzene rings is 2. The molecule has 1 unspecified atom stereocenters. The third-order valence-corrected chi connectivity index (χ3v) is 5.11. The summed E-state index contributed by atoms with van der Waals surface area (Å²) in [5.41, 5.74) is 4.29. The molecular formula is C23H26N4O2. The number of nitrogens with zero attached hydrogens (tertiary/aromatic N) is 3. The van der Waals surface area contributed by atoms with E-state index in [4.69, 9.17) is 9.15 Å². The Labute approximate surface area is 171 Å². The van der Waals surface area contributed by atoms with E-state index in [9.17, 15) is 0 Å². The first-order chi connectivity index (χ1) is 14.2. The molecule has 0 saturated carbocycles. The second-order valence-corrected chi connectivity index (χ2v) is 7.07. The van der Waals surface area contributed by atoms with Gasteiger partial charge in [0, 0.05) is 19.2 Å². The molecule has 29 heavy (non-hydrogen) atoms. The minimum absolute atomic E-state index is 0.0419. The Morgan fingerprint density at radius 1 is 1.17 bits per heavy atom. The van der Waals surface area contributed by atoms with E-state index >= 15 is 0 Å². The van der Waals surface area contributed by atoms with Crippen molar-refractivity contribution in [2.24, 2.45) is 4.99 Å². The van der Waals surface area contributed by atoms with Crippen molar-refractivity contribution < 1.29 is 9.15 Å². The molecule has 6 nitrogen and oxygen atoms in total. The second-order valence-electron chi connectivity index (χ2n) is 7.07. The highest BCUT2D eigenvalue weighted by Crippen LogP contribution is 2.25. The lowest BCUT2D eigenvalue weighted by atomic mass is 10.0. The van der Waals surface area contributed by atoms with Gasteiger partial charge in [-0.2, -0.15) is 0 Å². The predicted molar refractivity (Wildman–Crippen MR) is 114 cm³/mol. The number of ether oxygens (including phenoxy) is 1. The molecule has 2 heterocycles. The van der Waals surface area contributed by atoms with Crippen LogP contribution in [0.1, 0.15) is 22.9 Å². The van der Waals surface area contributed by atoms with Crippen LogP contribution >= 0.6 is 0 Å². The third kappa shape index (κ3) is 4.49. The number of nitrogens with one attached hydrogen (secondary N) is 1. The molecule has 1 N–H and O–H groups in total. The van der Waals surface area contributed by atoms with Crippen LogP contribution in [0.5, 0.6) is 0 Å². The van der Waals surface area contributed by atoms with Crippen molar-refractivity contribution in [3.05, 3.63) is 77.7 Å². The van der Waals surface area contributed by atoms with Crippen LogP contribution in [0.25, 0.3) is 11.5 Å². The van der Waals surface area contributed by atoms with Gasteiger partial charge in [0.25, 0.3) is 0 Å². The fourth-order valence-electron chi connectivity index (χ4n) is 3.58. The smallest absolute Gasteiger partial charge is 0.226 e. The zero-order valence-corrected chi connectivity index (χ0v) is 16.8. The van der Waals surface area contributed by atoms with Gasteiger partial charge in [0.15, 0.2) is 5.96 Å². The van der Waals surface area contributed by atoms with Gasteiger partial charge in [0.2, 0.25) is 5.89 Å². The summed E-state index contributed by atoms with van der Waals surface area (Å²) in [5, 5.41) is 3.40. The van der Waals surface area contributed by atoms with E-state index in [1.807, 2.05) is 30.3 Å². The molecule has 0 bridgehead atoms. The molecule has 0 amide bonds. The molecular weight excluding hydrogens is 364 g/mol. The fourth-order valence-corrected chi connectivity index (χ4v) is 3.58. The van der Waals surface area contributed by atoms with Gasteiger partial charge in [0.05, 0.1) is 25.4 Å². The quantitative estimate of drug-likeness (QED) is 0.542. The fraction of sp³-hybridized carbons (Fsp3) is 0.304. The minimum atomic E-state index is 0.0419. The lowest BCUT2D eigenvalue weighted by Gasteiger charge is -2.35. The Kier molecular flexibility index (Phi) is 5.91. The van der Waals surface area contributed by atoms with Gasteiger partial charge in [-0.05, 0) is 30.2 Å². The number of rotatable bonds is 4. The number of oxazole rings is 1. The van der Waals surface area contributed by atoms with Crippen molar-refractivity contribution in [1.82, 2.24) is 15.2 Å². The second kappa shape index (κ2) is 8.92. The highest BCUT2D eigenvalue weighted by Gasteiger charge is 2.25. The molecule has 6 heteroatoms. The molecule has 0 radical (unpaired) electrons. The molecule has 1 aromatic heterocycles. The maximum atomic E-state index is 6.03. The molecule has 1 aliphatic rings. The van der Waals surface area contributed by atoms with Crippen LogP contribution < -0.4 is 5.32 Å². The van der Waals surface area contributed by atoms with E-state index in [1.54, 1.807) is 13.3 Å². The topological polar surface area (TPSA) is 62.9 Å². The van der Waals surface area contributed by atoms with Crippen molar-refractivity contribution in [3.63, 3.8) is 0 Å². The van der Waals surface area contributed by atoms with Crippen LogP contribution in [0.15, 0.2) is 70.3 Å². The Hall–Kier alpha value is -3.12. The van der Waals surface area contributed by atoms with Gasteiger partial charge in [0.1, 0.15) is 12.4 Å². The number of aromatic nitrogens is 1. The summed E-state index contributed by atoms with van der Waals surface area (Å²) in [7, 11) is 1.80. The summed E-state index contributed by atoms with van der Waals surface area (Å²) in [6, 6.07) is 18.3. The van der Waals surface area contributed by atoms with Crippen LogP contribution in [0.2, 0.25) is 0 Å². The Bertz CT molecular complexity index is 968. The normalized spacial score (nSPS) is 17.4. The Morgan fingerprint density at radius 3 is 2.76 bits per heavy atom. The summed E-state index contributed by atoms with van der Waals surface area (Å²) < 4.78 is 11.7. The summed E-state index contributed by atoms with van der Waals surface area (Å²) in [6.07, 6.45) is 1.73. The molecule has 0 spiro atoms. The van der Waals surface area contributed by atoms with Crippen molar-refractivity contribution >= 4 is 5.96 Å². The largest absolute Gasteiger partial charge is 0.444 e. The zero-order chi connectivity index (χ0) is 20.1. The van der Waals surface area contributed by atoms with Gasteiger partial charge in [-0.3, -0.25) is 4.99 Å². The van der Waals surface area contributed by atoms with Gasteiger partial charge in [-0.1, -0.05) is 42.5 Å². The monoisotopic (exact) mass is 390 g/mol. The van der Waals surface area contributed by atoms with E-state index in [1.165, 1.54) is 11.1 Å². The van der Waals surface area contributed by atoms with Crippen molar-refractivity contribution in [2.45, 2.75) is 19.6 Å². The average molecular weight is 390 g/mol. The summed E-state index contributed by atoms with van der Waals surface area (Å²) in [4.78, 5) is 11.3. The highest BCUT2D eigenvalue weighted by atomic mass is 16.5. The predicted octanol–water partition coefficient (Wildman–Crippen LogP) is 3.80. The Morgan fingerprint density at radius 2 is 1.97 bits per heavy atom. The minimum Gasteiger partial charge on any atom is -0.444 e. The van der Waals surface area contributed by atoms with E-state index < -0.39 is 0 Å². The number of aryl methyl sites for hydroxylation is 1. The molecule has 1 atom stereocenters. The molecule has 1 saturated heterocycles. The highest BCUT2D eigenvalue weighted by molar-refractivity contribution is 5.80. The first-order valence-electron chi connectivity index (χ1n) is 9.87. The van der Waals surface area contributed by atoms with E-state index in [0.717, 1.165) is 30.3 Å². The standard InChI is InChI=1S/C23H26N4O2/c1-17-8-6-7-11-20(17)21-15-27(12-13-28-21)23(24-2)25-14-19-16-29-22(26-19)18-9-4-3-5-10-18/h3-11,16,21H,12-15H2,1-2H3,(H,24,25). The number of guanidine groups is 1. The van der Waals surface area contributed by atoms with Crippen LogP contribution in [0.3, 0.4) is 0 Å². The van der Waals surface area contributed by atoms with Crippen molar-refractivity contribution in [2.75, 3.05) is 26.7 Å². The van der Waals surface area contributed by atoms with Gasteiger partial charge in [-0.15, -0.1) is 0 Å².